The van der Waals surface area contributed by atoms with E-state index < -0.39 is 11.7 Å². The minimum absolute atomic E-state index is 0.153. The van der Waals surface area contributed by atoms with Gasteiger partial charge in [-0.2, -0.15) is 0 Å². The lowest BCUT2D eigenvalue weighted by molar-refractivity contribution is -0.129. The van der Waals surface area contributed by atoms with Gasteiger partial charge in [0.25, 0.3) is 5.91 Å². The number of aliphatic hydroxyl groups is 1. The van der Waals surface area contributed by atoms with E-state index in [-0.39, 0.29) is 5.91 Å². The fourth-order valence-electron chi connectivity index (χ4n) is 2.75. The summed E-state index contributed by atoms with van der Waals surface area (Å²) in [5.74, 6) is 0.552. The molecule has 1 aliphatic rings. The zero-order valence-electron chi connectivity index (χ0n) is 12.9. The number of rotatable bonds is 6. The van der Waals surface area contributed by atoms with Gasteiger partial charge >= 0.3 is 0 Å². The topological polar surface area (TPSA) is 58.6 Å². The van der Waals surface area contributed by atoms with Gasteiger partial charge in [-0.05, 0) is 43.9 Å². The summed E-state index contributed by atoms with van der Waals surface area (Å²) in [6.45, 7) is 4.23. The van der Waals surface area contributed by atoms with Gasteiger partial charge in [-0.1, -0.05) is 31.9 Å². The van der Waals surface area contributed by atoms with Gasteiger partial charge in [0, 0.05) is 6.54 Å². The standard InChI is InChI=1S/C17H25NO3/c1-3-15(21-14-8-6-7-13(2)11-14)16(19)18-12-17(20)9-4-5-10-17/h6-8,11,15,20H,3-5,9-10,12H2,1-2H3,(H,18,19). The molecule has 1 atom stereocenters. The van der Waals surface area contributed by atoms with Crippen LogP contribution in [0.25, 0.3) is 0 Å². The first kappa shape index (κ1) is 15.8. The number of carbonyl (C=O) groups is 1. The van der Waals surface area contributed by atoms with Gasteiger partial charge in [0.2, 0.25) is 0 Å². The van der Waals surface area contributed by atoms with E-state index in [0.717, 1.165) is 31.2 Å². The summed E-state index contributed by atoms with van der Waals surface area (Å²) in [7, 11) is 0. The second-order valence-corrected chi connectivity index (χ2v) is 5.98. The van der Waals surface area contributed by atoms with Crippen molar-refractivity contribution in [2.24, 2.45) is 0 Å². The minimum atomic E-state index is -0.725. The second-order valence-electron chi connectivity index (χ2n) is 5.98. The van der Waals surface area contributed by atoms with Crippen LogP contribution < -0.4 is 10.1 Å². The highest BCUT2D eigenvalue weighted by molar-refractivity contribution is 5.81. The van der Waals surface area contributed by atoms with E-state index >= 15 is 0 Å². The van der Waals surface area contributed by atoms with Gasteiger partial charge in [-0.15, -0.1) is 0 Å². The molecule has 4 nitrogen and oxygen atoms in total. The molecule has 1 aromatic rings. The normalized spacial score (nSPS) is 18.2. The molecule has 1 fully saturated rings. The minimum Gasteiger partial charge on any atom is -0.481 e. The molecule has 1 aromatic carbocycles. The van der Waals surface area contributed by atoms with Crippen LogP contribution >= 0.6 is 0 Å². The average molecular weight is 291 g/mol. The van der Waals surface area contributed by atoms with Gasteiger partial charge in [-0.3, -0.25) is 4.79 Å². The number of hydrogen-bond acceptors (Lipinski definition) is 3. The molecule has 0 saturated heterocycles. The van der Waals surface area contributed by atoms with E-state index in [1.54, 1.807) is 0 Å². The summed E-state index contributed by atoms with van der Waals surface area (Å²) in [5, 5.41) is 13.1. The van der Waals surface area contributed by atoms with Crippen molar-refractivity contribution in [1.29, 1.82) is 0 Å². The Morgan fingerprint density at radius 2 is 2.14 bits per heavy atom. The predicted octanol–water partition coefficient (Wildman–Crippen LogP) is 2.57. The Bertz CT molecular complexity index is 481. The summed E-state index contributed by atoms with van der Waals surface area (Å²) in [6, 6.07) is 7.67. The number of nitrogens with one attached hydrogen (secondary N) is 1. The first-order valence-corrected chi connectivity index (χ1v) is 7.76. The molecule has 1 unspecified atom stereocenters. The van der Waals surface area contributed by atoms with Crippen LogP contribution in [0.2, 0.25) is 0 Å². The molecule has 1 amide bonds. The fraction of sp³-hybridized carbons (Fsp3) is 0.588. The predicted molar refractivity (Wildman–Crippen MR) is 82.3 cm³/mol. The quantitative estimate of drug-likeness (QED) is 0.847. The largest absolute Gasteiger partial charge is 0.481 e. The molecule has 1 aliphatic carbocycles. The highest BCUT2D eigenvalue weighted by atomic mass is 16.5. The number of benzene rings is 1. The summed E-state index contributed by atoms with van der Waals surface area (Å²) >= 11 is 0. The van der Waals surface area contributed by atoms with Crippen LogP contribution in [0.1, 0.15) is 44.6 Å². The molecule has 0 heterocycles. The molecule has 0 spiro atoms. The third-order valence-corrected chi connectivity index (χ3v) is 4.06. The molecule has 0 bridgehead atoms. The van der Waals surface area contributed by atoms with Crippen molar-refractivity contribution < 1.29 is 14.6 Å². The second kappa shape index (κ2) is 6.94. The Hall–Kier alpha value is -1.55. The number of hydrogen-bond donors (Lipinski definition) is 2. The number of ether oxygens (including phenoxy) is 1. The van der Waals surface area contributed by atoms with Crippen molar-refractivity contribution >= 4 is 5.91 Å². The van der Waals surface area contributed by atoms with Gasteiger partial charge < -0.3 is 15.2 Å². The summed E-state index contributed by atoms with van der Waals surface area (Å²) < 4.78 is 5.76. The maximum Gasteiger partial charge on any atom is 0.261 e. The first-order valence-electron chi connectivity index (χ1n) is 7.76. The number of aryl methyl sites for hydroxylation is 1. The summed E-state index contributed by atoms with van der Waals surface area (Å²) in [4.78, 5) is 12.2. The van der Waals surface area contributed by atoms with Gasteiger partial charge in [0.05, 0.1) is 5.60 Å². The van der Waals surface area contributed by atoms with Crippen LogP contribution in [0.5, 0.6) is 5.75 Å². The Morgan fingerprint density at radius 3 is 2.76 bits per heavy atom. The van der Waals surface area contributed by atoms with Crippen molar-refractivity contribution in [3.05, 3.63) is 29.8 Å². The molecule has 0 aromatic heterocycles. The fourth-order valence-corrected chi connectivity index (χ4v) is 2.75. The van der Waals surface area contributed by atoms with Crippen LogP contribution in [0.4, 0.5) is 0 Å². The molecular weight excluding hydrogens is 266 g/mol. The lowest BCUT2D eigenvalue weighted by Crippen LogP contribution is -2.46. The van der Waals surface area contributed by atoms with E-state index in [4.69, 9.17) is 4.74 Å². The Balaban J connectivity index is 1.89. The number of amides is 1. The van der Waals surface area contributed by atoms with Crippen molar-refractivity contribution in [3.8, 4) is 5.75 Å². The van der Waals surface area contributed by atoms with E-state index in [9.17, 15) is 9.90 Å². The van der Waals surface area contributed by atoms with Crippen molar-refractivity contribution in [2.75, 3.05) is 6.54 Å². The third kappa shape index (κ3) is 4.46. The molecular formula is C17H25NO3. The van der Waals surface area contributed by atoms with E-state index in [0.29, 0.717) is 18.7 Å². The molecule has 116 valence electrons. The monoisotopic (exact) mass is 291 g/mol. The zero-order valence-corrected chi connectivity index (χ0v) is 12.9. The summed E-state index contributed by atoms with van der Waals surface area (Å²) in [6.07, 6.45) is 3.67. The molecule has 2 rings (SSSR count). The molecule has 1 saturated carbocycles. The van der Waals surface area contributed by atoms with Crippen molar-refractivity contribution in [2.45, 2.75) is 57.7 Å². The third-order valence-electron chi connectivity index (χ3n) is 4.06. The van der Waals surface area contributed by atoms with E-state index in [1.807, 2.05) is 38.1 Å². The van der Waals surface area contributed by atoms with Gasteiger partial charge in [-0.25, -0.2) is 0 Å². The van der Waals surface area contributed by atoms with Crippen LogP contribution in [0, 0.1) is 6.92 Å². The Labute approximate surface area is 126 Å². The number of carbonyl (C=O) groups excluding carboxylic acids is 1. The molecule has 2 N–H and O–H groups in total. The molecule has 0 radical (unpaired) electrons. The molecule has 4 heteroatoms. The van der Waals surface area contributed by atoms with Crippen LogP contribution in [-0.2, 0) is 4.79 Å². The van der Waals surface area contributed by atoms with Crippen LogP contribution in [0.3, 0.4) is 0 Å². The van der Waals surface area contributed by atoms with Crippen molar-refractivity contribution in [1.82, 2.24) is 5.32 Å². The smallest absolute Gasteiger partial charge is 0.261 e. The maximum absolute atomic E-state index is 12.2. The zero-order chi connectivity index (χ0) is 15.3. The average Bonchev–Trinajstić information content (AvgIpc) is 2.90. The van der Waals surface area contributed by atoms with E-state index in [2.05, 4.69) is 5.32 Å². The van der Waals surface area contributed by atoms with Gasteiger partial charge in [0.1, 0.15) is 5.75 Å². The van der Waals surface area contributed by atoms with E-state index in [1.165, 1.54) is 0 Å². The van der Waals surface area contributed by atoms with Crippen molar-refractivity contribution in [3.63, 3.8) is 0 Å². The molecule has 0 aliphatic heterocycles. The first-order chi connectivity index (χ1) is 10.0. The highest BCUT2D eigenvalue weighted by Gasteiger charge is 2.32. The summed E-state index contributed by atoms with van der Waals surface area (Å²) in [5.41, 5.74) is 0.375. The Kier molecular flexibility index (Phi) is 5.23. The Morgan fingerprint density at radius 1 is 1.43 bits per heavy atom. The lowest BCUT2D eigenvalue weighted by atomic mass is 10.0. The van der Waals surface area contributed by atoms with Crippen LogP contribution in [-0.4, -0.2) is 29.3 Å². The molecule has 21 heavy (non-hydrogen) atoms. The maximum atomic E-state index is 12.2. The lowest BCUT2D eigenvalue weighted by Gasteiger charge is -2.24. The highest BCUT2D eigenvalue weighted by Crippen LogP contribution is 2.28. The SMILES string of the molecule is CCC(Oc1cccc(C)c1)C(=O)NCC1(O)CCCC1. The van der Waals surface area contributed by atoms with Gasteiger partial charge in [0.15, 0.2) is 6.10 Å². The van der Waals surface area contributed by atoms with Crippen LogP contribution in [0.15, 0.2) is 24.3 Å².